The van der Waals surface area contributed by atoms with Gasteiger partial charge in [-0.25, -0.2) is 0 Å². The van der Waals surface area contributed by atoms with Crippen molar-refractivity contribution in [2.24, 2.45) is 4.99 Å². The Morgan fingerprint density at radius 3 is 2.46 bits per heavy atom. The molecule has 1 aromatic carbocycles. The van der Waals surface area contributed by atoms with Crippen molar-refractivity contribution in [3.8, 4) is 5.75 Å². The number of hydrogen-bond acceptors (Lipinski definition) is 4. The van der Waals surface area contributed by atoms with Gasteiger partial charge in [0.15, 0.2) is 5.96 Å². The minimum atomic E-state index is 0.0621. The number of benzene rings is 1. The van der Waals surface area contributed by atoms with E-state index in [-0.39, 0.29) is 5.41 Å². The number of rotatable bonds is 7. The Morgan fingerprint density at radius 2 is 1.86 bits per heavy atom. The maximum Gasteiger partial charge on any atom is 0.191 e. The van der Waals surface area contributed by atoms with Crippen LogP contribution >= 0.6 is 11.8 Å². The molecule has 5 nitrogen and oxygen atoms in total. The summed E-state index contributed by atoms with van der Waals surface area (Å²) in [5, 5.41) is 7.16. The zero-order valence-corrected chi connectivity index (χ0v) is 18.4. The van der Waals surface area contributed by atoms with E-state index in [2.05, 4.69) is 58.6 Å². The number of nitrogens with one attached hydrogen (secondary N) is 2. The Morgan fingerprint density at radius 1 is 1.14 bits per heavy atom. The second-order valence-corrected chi connectivity index (χ2v) is 9.71. The molecule has 0 aromatic heterocycles. The first-order chi connectivity index (χ1) is 13.6. The fraction of sp³-hybridized carbons (Fsp3) is 0.682. The van der Waals surface area contributed by atoms with Crippen LogP contribution in [0, 0.1) is 0 Å². The monoisotopic (exact) mass is 405 g/mol. The maximum atomic E-state index is 5.67. The van der Waals surface area contributed by atoms with Crippen LogP contribution in [-0.2, 0) is 10.2 Å². The quantitative estimate of drug-likeness (QED) is 0.536. The van der Waals surface area contributed by atoms with Gasteiger partial charge < -0.3 is 20.1 Å². The number of thioether (sulfide) groups is 1. The van der Waals surface area contributed by atoms with Crippen molar-refractivity contribution >= 4 is 17.7 Å². The van der Waals surface area contributed by atoms with Gasteiger partial charge in [-0.05, 0) is 63.0 Å². The number of hydrogen-bond donors (Lipinski definition) is 2. The molecular formula is C22H35N3O2S. The summed E-state index contributed by atoms with van der Waals surface area (Å²) in [6.07, 6.45) is 4.61. The first kappa shape index (κ1) is 21.3. The summed E-state index contributed by atoms with van der Waals surface area (Å²) in [6, 6.07) is 8.59. The van der Waals surface area contributed by atoms with E-state index in [4.69, 9.17) is 9.47 Å². The highest BCUT2D eigenvalue weighted by atomic mass is 32.2. The molecule has 6 heteroatoms. The van der Waals surface area contributed by atoms with Crippen LogP contribution in [0.2, 0.25) is 0 Å². The highest BCUT2D eigenvalue weighted by molar-refractivity contribution is 8.00. The van der Waals surface area contributed by atoms with E-state index < -0.39 is 0 Å². The Labute approximate surface area is 174 Å². The SMILES string of the molecule is CCOc1ccc(C2(CNC(=NC)NCC3(C)CCCS3)CCOCC2)cc1. The first-order valence-corrected chi connectivity index (χ1v) is 11.5. The zero-order valence-electron chi connectivity index (χ0n) is 17.6. The Kier molecular flexibility index (Phi) is 7.52. The van der Waals surface area contributed by atoms with Crippen LogP contribution in [0.25, 0.3) is 0 Å². The molecule has 0 saturated carbocycles. The Balaban J connectivity index is 1.64. The molecule has 2 saturated heterocycles. The molecule has 1 unspecified atom stereocenters. The average Bonchev–Trinajstić information content (AvgIpc) is 3.16. The highest BCUT2D eigenvalue weighted by Gasteiger charge is 2.35. The normalized spacial score (nSPS) is 24.8. The van der Waals surface area contributed by atoms with E-state index in [0.717, 1.165) is 50.9 Å². The fourth-order valence-corrected chi connectivity index (χ4v) is 5.37. The van der Waals surface area contributed by atoms with Crippen molar-refractivity contribution in [3.63, 3.8) is 0 Å². The van der Waals surface area contributed by atoms with Crippen molar-refractivity contribution in [3.05, 3.63) is 29.8 Å². The van der Waals surface area contributed by atoms with Crippen LogP contribution in [-0.4, -0.2) is 56.4 Å². The second-order valence-electron chi connectivity index (χ2n) is 8.03. The van der Waals surface area contributed by atoms with Crippen LogP contribution < -0.4 is 15.4 Å². The van der Waals surface area contributed by atoms with Gasteiger partial charge in [0, 0.05) is 43.5 Å². The second kappa shape index (κ2) is 9.88. The van der Waals surface area contributed by atoms with Gasteiger partial charge >= 0.3 is 0 Å². The maximum absolute atomic E-state index is 5.67. The summed E-state index contributed by atoms with van der Waals surface area (Å²) in [6.45, 7) is 8.47. The standard InChI is InChI=1S/C22H35N3O2S/c1-4-27-19-8-6-18(7-9-19)22(11-13-26-14-12-22)17-25-20(23-3)24-16-21(2)10-5-15-28-21/h6-9H,4-5,10-17H2,1-3H3,(H2,23,24,25). The lowest BCUT2D eigenvalue weighted by atomic mass is 9.74. The van der Waals surface area contributed by atoms with Gasteiger partial charge in [0.05, 0.1) is 6.61 Å². The van der Waals surface area contributed by atoms with E-state index in [0.29, 0.717) is 11.4 Å². The smallest absolute Gasteiger partial charge is 0.191 e. The van der Waals surface area contributed by atoms with Gasteiger partial charge in [0.1, 0.15) is 5.75 Å². The van der Waals surface area contributed by atoms with E-state index in [9.17, 15) is 0 Å². The minimum Gasteiger partial charge on any atom is -0.494 e. The zero-order chi connectivity index (χ0) is 19.9. The molecular weight excluding hydrogens is 370 g/mol. The molecule has 2 aliphatic rings. The molecule has 28 heavy (non-hydrogen) atoms. The van der Waals surface area contributed by atoms with Crippen LogP contribution in [0.4, 0.5) is 0 Å². The third-order valence-corrected chi connectivity index (χ3v) is 7.51. The Bertz CT molecular complexity index is 636. The number of nitrogens with zero attached hydrogens (tertiary/aromatic N) is 1. The van der Waals surface area contributed by atoms with Crippen LogP contribution in [0.5, 0.6) is 5.75 Å². The van der Waals surface area contributed by atoms with Crippen molar-refractivity contribution in [1.82, 2.24) is 10.6 Å². The number of aliphatic imine (C=N–C) groups is 1. The minimum absolute atomic E-state index is 0.0621. The highest BCUT2D eigenvalue weighted by Crippen LogP contribution is 2.37. The van der Waals surface area contributed by atoms with Crippen LogP contribution in [0.15, 0.2) is 29.3 Å². The van der Waals surface area contributed by atoms with Gasteiger partial charge in [0.2, 0.25) is 0 Å². The summed E-state index contributed by atoms with van der Waals surface area (Å²) in [4.78, 5) is 4.46. The molecule has 0 spiro atoms. The number of guanidine groups is 1. The van der Waals surface area contributed by atoms with Gasteiger partial charge in [0.25, 0.3) is 0 Å². The van der Waals surface area contributed by atoms with Crippen molar-refractivity contribution < 1.29 is 9.47 Å². The van der Waals surface area contributed by atoms with Gasteiger partial charge in [-0.2, -0.15) is 11.8 Å². The van der Waals surface area contributed by atoms with Gasteiger partial charge in [-0.3, -0.25) is 4.99 Å². The molecule has 3 rings (SSSR count). The molecule has 2 aliphatic heterocycles. The summed E-state index contributed by atoms with van der Waals surface area (Å²) >= 11 is 2.07. The van der Waals surface area contributed by atoms with E-state index in [1.165, 1.54) is 24.2 Å². The largest absolute Gasteiger partial charge is 0.494 e. The van der Waals surface area contributed by atoms with E-state index in [1.807, 2.05) is 14.0 Å². The molecule has 156 valence electrons. The predicted molar refractivity (Wildman–Crippen MR) is 119 cm³/mol. The third-order valence-electron chi connectivity index (χ3n) is 5.98. The molecule has 0 bridgehead atoms. The third kappa shape index (κ3) is 5.35. The summed E-state index contributed by atoms with van der Waals surface area (Å²) in [5.41, 5.74) is 1.41. The molecule has 1 aromatic rings. The lowest BCUT2D eigenvalue weighted by Crippen LogP contribution is -2.50. The van der Waals surface area contributed by atoms with Crippen molar-refractivity contribution in [2.45, 2.75) is 49.7 Å². The topological polar surface area (TPSA) is 54.9 Å². The van der Waals surface area contributed by atoms with Gasteiger partial charge in [-0.15, -0.1) is 0 Å². The molecule has 0 aliphatic carbocycles. The fourth-order valence-electron chi connectivity index (χ4n) is 4.12. The summed E-state index contributed by atoms with van der Waals surface area (Å²) < 4.78 is 11.6. The van der Waals surface area contributed by atoms with Crippen molar-refractivity contribution in [2.75, 3.05) is 45.7 Å². The first-order valence-electron chi connectivity index (χ1n) is 10.5. The lowest BCUT2D eigenvalue weighted by Gasteiger charge is -2.38. The van der Waals surface area contributed by atoms with Gasteiger partial charge in [-0.1, -0.05) is 12.1 Å². The molecule has 0 amide bonds. The van der Waals surface area contributed by atoms with Crippen molar-refractivity contribution in [1.29, 1.82) is 0 Å². The average molecular weight is 406 g/mol. The molecule has 0 radical (unpaired) electrons. The Hall–Kier alpha value is -1.40. The number of ether oxygens (including phenoxy) is 2. The summed E-state index contributed by atoms with van der Waals surface area (Å²) in [7, 11) is 1.85. The molecule has 2 fully saturated rings. The van der Waals surface area contributed by atoms with E-state index >= 15 is 0 Å². The molecule has 1 atom stereocenters. The predicted octanol–water partition coefficient (Wildman–Crippen LogP) is 3.58. The van der Waals surface area contributed by atoms with E-state index in [1.54, 1.807) is 0 Å². The lowest BCUT2D eigenvalue weighted by molar-refractivity contribution is 0.0513. The molecule has 2 heterocycles. The summed E-state index contributed by atoms with van der Waals surface area (Å²) in [5.74, 6) is 3.09. The van der Waals surface area contributed by atoms with Crippen LogP contribution in [0.1, 0.15) is 45.1 Å². The van der Waals surface area contributed by atoms with Crippen LogP contribution in [0.3, 0.4) is 0 Å². The molecule has 2 N–H and O–H groups in total.